The average molecular weight is 327 g/mol. The van der Waals surface area contributed by atoms with Crippen LogP contribution in [0.1, 0.15) is 40.3 Å². The molecule has 1 aromatic heterocycles. The Morgan fingerprint density at radius 3 is 2.48 bits per heavy atom. The van der Waals surface area contributed by atoms with Crippen LogP contribution in [-0.2, 0) is 5.75 Å². The van der Waals surface area contributed by atoms with Crippen molar-refractivity contribution >= 4 is 17.7 Å². The van der Waals surface area contributed by atoms with Crippen LogP contribution in [0.3, 0.4) is 0 Å². The standard InChI is InChI=1S/C18H21N3OS/c1-13-11-17(20-14(2)19-13)23-12-15-5-7-16(8-6-15)18(22)21-9-3-4-10-21/h5-8,11H,3-4,9-10,12H2,1-2H3. The predicted octanol–water partition coefficient (Wildman–Crippen LogP) is 3.62. The van der Waals surface area contributed by atoms with Gasteiger partial charge in [0.05, 0.1) is 0 Å². The molecule has 0 N–H and O–H groups in total. The van der Waals surface area contributed by atoms with Gasteiger partial charge in [0.1, 0.15) is 10.9 Å². The van der Waals surface area contributed by atoms with E-state index in [4.69, 9.17) is 0 Å². The van der Waals surface area contributed by atoms with Gasteiger partial charge < -0.3 is 4.90 Å². The summed E-state index contributed by atoms with van der Waals surface area (Å²) in [7, 11) is 0. The van der Waals surface area contributed by atoms with Crippen molar-refractivity contribution in [2.24, 2.45) is 0 Å². The fourth-order valence-corrected chi connectivity index (χ4v) is 3.72. The molecule has 0 unspecified atom stereocenters. The number of likely N-dealkylation sites (tertiary alicyclic amines) is 1. The fourth-order valence-electron chi connectivity index (χ4n) is 2.76. The smallest absolute Gasteiger partial charge is 0.253 e. The number of thioether (sulfide) groups is 1. The van der Waals surface area contributed by atoms with E-state index in [1.54, 1.807) is 11.8 Å². The maximum Gasteiger partial charge on any atom is 0.253 e. The number of hydrogen-bond donors (Lipinski definition) is 0. The number of nitrogens with zero attached hydrogens (tertiary/aromatic N) is 3. The van der Waals surface area contributed by atoms with Gasteiger partial charge in [-0.3, -0.25) is 4.79 Å². The number of aryl methyl sites for hydroxylation is 2. The van der Waals surface area contributed by atoms with Gasteiger partial charge >= 0.3 is 0 Å². The van der Waals surface area contributed by atoms with Crippen LogP contribution in [0.4, 0.5) is 0 Å². The highest BCUT2D eigenvalue weighted by atomic mass is 32.2. The van der Waals surface area contributed by atoms with Gasteiger partial charge in [-0.25, -0.2) is 9.97 Å². The van der Waals surface area contributed by atoms with Crippen LogP contribution in [0.15, 0.2) is 35.4 Å². The lowest BCUT2D eigenvalue weighted by Gasteiger charge is -2.15. The van der Waals surface area contributed by atoms with Gasteiger partial charge in [-0.2, -0.15) is 0 Å². The van der Waals surface area contributed by atoms with E-state index in [1.165, 1.54) is 5.56 Å². The molecular formula is C18H21N3OS. The molecule has 1 aliphatic rings. The number of benzene rings is 1. The zero-order valence-electron chi connectivity index (χ0n) is 13.6. The molecule has 2 heterocycles. The van der Waals surface area contributed by atoms with Crippen LogP contribution >= 0.6 is 11.8 Å². The van der Waals surface area contributed by atoms with E-state index in [2.05, 4.69) is 9.97 Å². The lowest BCUT2D eigenvalue weighted by atomic mass is 10.1. The average Bonchev–Trinajstić information content (AvgIpc) is 3.06. The Bertz CT molecular complexity index is 674. The van der Waals surface area contributed by atoms with E-state index in [0.29, 0.717) is 0 Å². The summed E-state index contributed by atoms with van der Waals surface area (Å²) in [6.45, 7) is 5.68. The van der Waals surface area contributed by atoms with Crippen LogP contribution in [-0.4, -0.2) is 33.9 Å². The minimum Gasteiger partial charge on any atom is -0.339 e. The van der Waals surface area contributed by atoms with Gasteiger partial charge in [0.15, 0.2) is 0 Å². The molecule has 3 rings (SSSR count). The highest BCUT2D eigenvalue weighted by Gasteiger charge is 2.19. The molecule has 0 saturated carbocycles. The first-order valence-corrected chi connectivity index (χ1v) is 8.94. The number of carbonyl (C=O) groups is 1. The van der Waals surface area contributed by atoms with E-state index >= 15 is 0 Å². The van der Waals surface area contributed by atoms with E-state index in [1.807, 2.05) is 49.1 Å². The van der Waals surface area contributed by atoms with Crippen molar-refractivity contribution in [3.8, 4) is 0 Å². The number of rotatable bonds is 4. The Kier molecular flexibility index (Phi) is 4.96. The molecule has 1 amide bonds. The molecule has 23 heavy (non-hydrogen) atoms. The van der Waals surface area contributed by atoms with Crippen molar-refractivity contribution in [3.05, 3.63) is 53.0 Å². The molecule has 4 nitrogen and oxygen atoms in total. The van der Waals surface area contributed by atoms with Crippen LogP contribution < -0.4 is 0 Å². The number of aromatic nitrogens is 2. The lowest BCUT2D eigenvalue weighted by molar-refractivity contribution is 0.0793. The Morgan fingerprint density at radius 2 is 1.83 bits per heavy atom. The molecule has 1 aromatic carbocycles. The van der Waals surface area contributed by atoms with Crippen LogP contribution in [0.2, 0.25) is 0 Å². The molecule has 1 fully saturated rings. The number of amides is 1. The zero-order chi connectivity index (χ0) is 16.2. The van der Waals surface area contributed by atoms with Crippen molar-refractivity contribution in [1.82, 2.24) is 14.9 Å². The minimum atomic E-state index is 0.156. The first-order valence-electron chi connectivity index (χ1n) is 7.95. The highest BCUT2D eigenvalue weighted by Crippen LogP contribution is 2.22. The summed E-state index contributed by atoms with van der Waals surface area (Å²) >= 11 is 1.69. The predicted molar refractivity (Wildman–Crippen MR) is 92.6 cm³/mol. The van der Waals surface area contributed by atoms with Crippen LogP contribution in [0.25, 0.3) is 0 Å². The third-order valence-electron chi connectivity index (χ3n) is 3.92. The van der Waals surface area contributed by atoms with E-state index in [0.717, 1.165) is 53.8 Å². The molecule has 0 aliphatic carbocycles. The van der Waals surface area contributed by atoms with Crippen LogP contribution in [0.5, 0.6) is 0 Å². The van der Waals surface area contributed by atoms with Gasteiger partial charge in [0, 0.05) is 30.1 Å². The Balaban J connectivity index is 1.62. The highest BCUT2D eigenvalue weighted by molar-refractivity contribution is 7.98. The number of hydrogen-bond acceptors (Lipinski definition) is 4. The zero-order valence-corrected chi connectivity index (χ0v) is 14.4. The van der Waals surface area contributed by atoms with Gasteiger partial charge in [-0.1, -0.05) is 12.1 Å². The van der Waals surface area contributed by atoms with Crippen molar-refractivity contribution in [1.29, 1.82) is 0 Å². The maximum absolute atomic E-state index is 12.3. The molecule has 1 aliphatic heterocycles. The summed E-state index contributed by atoms with van der Waals surface area (Å²) < 4.78 is 0. The minimum absolute atomic E-state index is 0.156. The Morgan fingerprint density at radius 1 is 1.13 bits per heavy atom. The van der Waals surface area contributed by atoms with Crippen molar-refractivity contribution in [2.45, 2.75) is 37.5 Å². The molecule has 5 heteroatoms. The normalized spacial score (nSPS) is 14.3. The summed E-state index contributed by atoms with van der Waals surface area (Å²) in [6.07, 6.45) is 2.25. The van der Waals surface area contributed by atoms with Gasteiger partial charge in [-0.05, 0) is 50.5 Å². The van der Waals surface area contributed by atoms with Gasteiger partial charge in [0.2, 0.25) is 0 Å². The second-order valence-corrected chi connectivity index (χ2v) is 6.88. The van der Waals surface area contributed by atoms with E-state index < -0.39 is 0 Å². The number of carbonyl (C=O) groups excluding carboxylic acids is 1. The Labute approximate surface area is 141 Å². The molecule has 0 atom stereocenters. The largest absolute Gasteiger partial charge is 0.339 e. The third kappa shape index (κ3) is 4.10. The van der Waals surface area contributed by atoms with Gasteiger partial charge in [-0.15, -0.1) is 11.8 Å². The second-order valence-electron chi connectivity index (χ2n) is 5.88. The van der Waals surface area contributed by atoms with Gasteiger partial charge in [0.25, 0.3) is 5.91 Å². The summed E-state index contributed by atoms with van der Waals surface area (Å²) in [5.41, 5.74) is 2.97. The lowest BCUT2D eigenvalue weighted by Crippen LogP contribution is -2.27. The van der Waals surface area contributed by atoms with E-state index in [9.17, 15) is 4.79 Å². The molecular weight excluding hydrogens is 306 g/mol. The van der Waals surface area contributed by atoms with Crippen molar-refractivity contribution in [2.75, 3.05) is 13.1 Å². The second kappa shape index (κ2) is 7.13. The van der Waals surface area contributed by atoms with Crippen molar-refractivity contribution in [3.63, 3.8) is 0 Å². The van der Waals surface area contributed by atoms with E-state index in [-0.39, 0.29) is 5.91 Å². The molecule has 0 spiro atoms. The first-order chi connectivity index (χ1) is 11.1. The third-order valence-corrected chi connectivity index (χ3v) is 4.91. The summed E-state index contributed by atoms with van der Waals surface area (Å²) in [6, 6.07) is 9.96. The molecule has 120 valence electrons. The van der Waals surface area contributed by atoms with Crippen LogP contribution in [0, 0.1) is 13.8 Å². The maximum atomic E-state index is 12.3. The quantitative estimate of drug-likeness (QED) is 0.635. The molecule has 2 aromatic rings. The SMILES string of the molecule is Cc1cc(SCc2ccc(C(=O)N3CCCC3)cc2)nc(C)n1. The monoisotopic (exact) mass is 327 g/mol. The molecule has 0 radical (unpaired) electrons. The molecule has 1 saturated heterocycles. The summed E-state index contributed by atoms with van der Waals surface area (Å²) in [5.74, 6) is 1.80. The molecule has 0 bridgehead atoms. The first kappa shape index (κ1) is 16.0. The fraction of sp³-hybridized carbons (Fsp3) is 0.389. The summed E-state index contributed by atoms with van der Waals surface area (Å²) in [4.78, 5) is 23.0. The topological polar surface area (TPSA) is 46.1 Å². The Hall–Kier alpha value is -1.88. The summed E-state index contributed by atoms with van der Waals surface area (Å²) in [5, 5.41) is 0.993. The van der Waals surface area contributed by atoms with Crippen molar-refractivity contribution < 1.29 is 4.79 Å².